The smallest absolute Gasteiger partial charge is 0.187 e. The summed E-state index contributed by atoms with van der Waals surface area (Å²) in [7, 11) is 0. The molecule has 0 aliphatic heterocycles. The zero-order valence-corrected chi connectivity index (χ0v) is 6.41. The number of pyridine rings is 1. The fourth-order valence-corrected chi connectivity index (χ4v) is 1.17. The van der Waals surface area contributed by atoms with Crippen LogP contribution in [0.2, 0.25) is 0 Å². The van der Waals surface area contributed by atoms with E-state index in [1.165, 1.54) is 5.39 Å². The average molecular weight is 173 g/mol. The van der Waals surface area contributed by atoms with E-state index in [0.29, 0.717) is 0 Å². The minimum atomic E-state index is 0. The molecule has 2 aromatic rings. The number of rotatable bonds is 0. The van der Waals surface area contributed by atoms with Crippen LogP contribution in [0.25, 0.3) is 10.9 Å². The highest BCUT2D eigenvalue weighted by Gasteiger charge is 1.90. The van der Waals surface area contributed by atoms with Gasteiger partial charge in [0.1, 0.15) is 0 Å². The molecule has 1 aromatic heterocycles. The maximum absolute atomic E-state index is 4.38. The molecule has 0 N–H and O–H groups in total. The molecular formula is C10H12AlN. The molecule has 0 atom stereocenters. The number of hydrogen-bond donors (Lipinski definition) is 0. The summed E-state index contributed by atoms with van der Waals surface area (Å²) < 4.78 is 0. The Kier molecular flexibility index (Phi) is 2.86. The van der Waals surface area contributed by atoms with Gasteiger partial charge in [0.25, 0.3) is 0 Å². The van der Waals surface area contributed by atoms with Gasteiger partial charge in [-0.05, 0) is 19.1 Å². The highest BCUT2D eigenvalue weighted by Crippen LogP contribution is 2.10. The molecule has 0 aliphatic rings. The van der Waals surface area contributed by atoms with E-state index in [-0.39, 0.29) is 17.4 Å². The third kappa shape index (κ3) is 1.66. The van der Waals surface area contributed by atoms with Crippen molar-refractivity contribution in [2.45, 2.75) is 6.92 Å². The molecule has 1 nitrogen and oxygen atoms in total. The van der Waals surface area contributed by atoms with Crippen LogP contribution in [0.1, 0.15) is 5.69 Å². The summed E-state index contributed by atoms with van der Waals surface area (Å²) in [4.78, 5) is 4.38. The highest BCUT2D eigenvalue weighted by atomic mass is 27.0. The molecule has 0 saturated carbocycles. The van der Waals surface area contributed by atoms with Gasteiger partial charge in [0.15, 0.2) is 17.4 Å². The van der Waals surface area contributed by atoms with Crippen molar-refractivity contribution in [1.29, 1.82) is 0 Å². The molecule has 2 rings (SSSR count). The maximum Gasteiger partial charge on any atom is 0.187 e. The SMILES string of the molecule is Cc1ccc2ccccc2n1.[AlH3]. The van der Waals surface area contributed by atoms with Crippen LogP contribution in [0.15, 0.2) is 36.4 Å². The molecule has 0 amide bonds. The monoisotopic (exact) mass is 173 g/mol. The van der Waals surface area contributed by atoms with Crippen molar-refractivity contribution in [1.82, 2.24) is 4.98 Å². The van der Waals surface area contributed by atoms with Gasteiger partial charge in [-0.1, -0.05) is 24.3 Å². The molecule has 0 radical (unpaired) electrons. The molecule has 0 aliphatic carbocycles. The van der Waals surface area contributed by atoms with Crippen molar-refractivity contribution >= 4 is 28.3 Å². The molecule has 0 unspecified atom stereocenters. The minimum absolute atomic E-state index is 0. The summed E-state index contributed by atoms with van der Waals surface area (Å²) in [6.45, 7) is 2.01. The van der Waals surface area contributed by atoms with E-state index >= 15 is 0 Å². The van der Waals surface area contributed by atoms with E-state index in [9.17, 15) is 0 Å². The van der Waals surface area contributed by atoms with Gasteiger partial charge in [-0.2, -0.15) is 0 Å². The molecule has 12 heavy (non-hydrogen) atoms. The Morgan fingerprint density at radius 1 is 1.00 bits per heavy atom. The number of benzene rings is 1. The number of aromatic nitrogens is 1. The second kappa shape index (κ2) is 3.71. The van der Waals surface area contributed by atoms with Crippen molar-refractivity contribution in [3.8, 4) is 0 Å². The van der Waals surface area contributed by atoms with Gasteiger partial charge in [0.05, 0.1) is 5.52 Å². The molecule has 0 fully saturated rings. The van der Waals surface area contributed by atoms with Crippen LogP contribution < -0.4 is 0 Å². The standard InChI is InChI=1S/C10H9N.Al.3H/c1-8-6-7-9-4-2-3-5-10(9)11-8;;;;/h2-7H,1H3;;;;. The lowest BCUT2D eigenvalue weighted by Gasteiger charge is -1.95. The van der Waals surface area contributed by atoms with Crippen molar-refractivity contribution in [3.63, 3.8) is 0 Å². The second-order valence-corrected chi connectivity index (χ2v) is 2.65. The maximum atomic E-state index is 4.38. The Bertz CT molecular complexity index is 384. The lowest BCUT2D eigenvalue weighted by atomic mass is 10.2. The first-order valence-corrected chi connectivity index (χ1v) is 3.69. The van der Waals surface area contributed by atoms with Crippen molar-refractivity contribution < 1.29 is 0 Å². The Morgan fingerprint density at radius 3 is 2.58 bits per heavy atom. The Hall–Kier alpha value is -0.838. The average Bonchev–Trinajstić information content (AvgIpc) is 2.04. The lowest BCUT2D eigenvalue weighted by molar-refractivity contribution is 1.26. The van der Waals surface area contributed by atoms with Gasteiger partial charge in [0, 0.05) is 11.1 Å². The van der Waals surface area contributed by atoms with Gasteiger partial charge < -0.3 is 0 Å². The van der Waals surface area contributed by atoms with Gasteiger partial charge in [-0.15, -0.1) is 0 Å². The van der Waals surface area contributed by atoms with Crippen LogP contribution in [0, 0.1) is 6.92 Å². The van der Waals surface area contributed by atoms with E-state index in [2.05, 4.69) is 17.1 Å². The van der Waals surface area contributed by atoms with Crippen molar-refractivity contribution in [3.05, 3.63) is 42.1 Å². The fourth-order valence-electron chi connectivity index (χ4n) is 1.17. The molecule has 1 heterocycles. The first kappa shape index (κ1) is 9.25. The lowest BCUT2D eigenvalue weighted by Crippen LogP contribution is -1.80. The highest BCUT2D eigenvalue weighted by molar-refractivity contribution is 5.78. The van der Waals surface area contributed by atoms with Crippen molar-refractivity contribution in [2.24, 2.45) is 0 Å². The summed E-state index contributed by atoms with van der Waals surface area (Å²) in [5.74, 6) is 0. The zero-order chi connectivity index (χ0) is 7.68. The van der Waals surface area contributed by atoms with Crippen LogP contribution in [0.3, 0.4) is 0 Å². The number of fused-ring (bicyclic) bond motifs is 1. The quantitative estimate of drug-likeness (QED) is 0.548. The topological polar surface area (TPSA) is 12.9 Å². The summed E-state index contributed by atoms with van der Waals surface area (Å²) in [6.07, 6.45) is 0. The van der Waals surface area contributed by atoms with E-state index in [1.54, 1.807) is 0 Å². The van der Waals surface area contributed by atoms with E-state index in [4.69, 9.17) is 0 Å². The second-order valence-electron chi connectivity index (χ2n) is 2.65. The predicted octanol–water partition coefficient (Wildman–Crippen LogP) is 1.36. The van der Waals surface area contributed by atoms with E-state index in [1.807, 2.05) is 31.2 Å². The number of para-hydroxylation sites is 1. The molecule has 60 valence electrons. The predicted molar refractivity (Wildman–Crippen MR) is 56.4 cm³/mol. The molecule has 0 bridgehead atoms. The molecular weight excluding hydrogens is 161 g/mol. The zero-order valence-electron chi connectivity index (χ0n) is 6.41. The number of aryl methyl sites for hydroxylation is 1. The van der Waals surface area contributed by atoms with Crippen LogP contribution in [-0.4, -0.2) is 22.3 Å². The molecule has 0 spiro atoms. The number of hydrogen-bond acceptors (Lipinski definition) is 1. The molecule has 2 heteroatoms. The van der Waals surface area contributed by atoms with Gasteiger partial charge in [0.2, 0.25) is 0 Å². The number of nitrogens with zero attached hydrogens (tertiary/aromatic N) is 1. The fraction of sp³-hybridized carbons (Fsp3) is 0.100. The Balaban J connectivity index is 0.000000720. The first-order valence-electron chi connectivity index (χ1n) is 3.69. The Labute approximate surface area is 82.6 Å². The van der Waals surface area contributed by atoms with Crippen LogP contribution in [-0.2, 0) is 0 Å². The van der Waals surface area contributed by atoms with E-state index < -0.39 is 0 Å². The van der Waals surface area contributed by atoms with Crippen LogP contribution in [0.4, 0.5) is 0 Å². The third-order valence-electron chi connectivity index (χ3n) is 1.74. The third-order valence-corrected chi connectivity index (χ3v) is 1.74. The summed E-state index contributed by atoms with van der Waals surface area (Å²) >= 11 is 0. The molecule has 0 saturated heterocycles. The normalized spacial score (nSPS) is 9.42. The first-order chi connectivity index (χ1) is 5.36. The minimum Gasteiger partial charge on any atom is -0.253 e. The summed E-state index contributed by atoms with van der Waals surface area (Å²) in [5, 5.41) is 1.21. The van der Waals surface area contributed by atoms with Crippen LogP contribution in [0.5, 0.6) is 0 Å². The van der Waals surface area contributed by atoms with Crippen LogP contribution >= 0.6 is 0 Å². The van der Waals surface area contributed by atoms with Gasteiger partial charge in [-0.3, -0.25) is 4.98 Å². The van der Waals surface area contributed by atoms with Gasteiger partial charge >= 0.3 is 0 Å². The van der Waals surface area contributed by atoms with Gasteiger partial charge in [-0.25, -0.2) is 0 Å². The van der Waals surface area contributed by atoms with E-state index in [0.717, 1.165) is 11.2 Å². The van der Waals surface area contributed by atoms with Crippen molar-refractivity contribution in [2.75, 3.05) is 0 Å². The Morgan fingerprint density at radius 2 is 1.75 bits per heavy atom. The molecule has 1 aromatic carbocycles. The largest absolute Gasteiger partial charge is 0.253 e. The summed E-state index contributed by atoms with van der Waals surface area (Å²) in [5.41, 5.74) is 2.15. The summed E-state index contributed by atoms with van der Waals surface area (Å²) in [6, 6.07) is 12.3.